The molecule has 0 aliphatic carbocycles. The average molecular weight is 294 g/mol. The van der Waals surface area contributed by atoms with E-state index in [2.05, 4.69) is 11.3 Å². The summed E-state index contributed by atoms with van der Waals surface area (Å²) in [7, 11) is 0.420. The van der Waals surface area contributed by atoms with E-state index < -0.39 is 24.5 Å². The molecule has 2 rings (SSSR count). The van der Waals surface area contributed by atoms with Crippen molar-refractivity contribution in [3.05, 3.63) is 36.4 Å². The molecule has 0 N–H and O–H groups in total. The number of ether oxygens (including phenoxy) is 2. The van der Waals surface area contributed by atoms with Crippen LogP contribution in [0.4, 0.5) is 4.39 Å². The Morgan fingerprint density at radius 3 is 2.76 bits per heavy atom. The first kappa shape index (κ1) is 15.4. The zero-order chi connectivity index (χ0) is 15.6. The number of carbonyl (C=O) groups excluding carboxylic acids is 1. The third kappa shape index (κ3) is 3.36. The van der Waals surface area contributed by atoms with Crippen molar-refractivity contribution in [1.29, 1.82) is 0 Å². The monoisotopic (exact) mass is 294 g/mol. The Hall–Kier alpha value is -2.02. The van der Waals surface area contributed by atoms with E-state index in [9.17, 15) is 9.18 Å². The molecular formula is C14H16BFO5. The molecule has 0 atom stereocenters. The summed E-state index contributed by atoms with van der Waals surface area (Å²) in [4.78, 5) is 11.1. The molecule has 1 saturated heterocycles. The number of halogens is 1. The van der Waals surface area contributed by atoms with Gasteiger partial charge in [-0.05, 0) is 32.0 Å². The van der Waals surface area contributed by atoms with Gasteiger partial charge < -0.3 is 18.8 Å². The zero-order valence-corrected chi connectivity index (χ0v) is 12.1. The van der Waals surface area contributed by atoms with Gasteiger partial charge in [-0.1, -0.05) is 6.58 Å². The van der Waals surface area contributed by atoms with Crippen molar-refractivity contribution >= 4 is 18.6 Å². The van der Waals surface area contributed by atoms with E-state index in [1.54, 1.807) is 13.8 Å². The Balaban J connectivity index is 2.24. The van der Waals surface area contributed by atoms with Crippen molar-refractivity contribution < 1.29 is 28.0 Å². The van der Waals surface area contributed by atoms with Crippen molar-refractivity contribution in [2.45, 2.75) is 19.4 Å². The standard InChI is InChI=1S/C14H16BFO5/c1-9-14(2,3)21-15(20-9)11-7-10(16)5-6-12(11)19-8-13(17)18-4/h5-7H,1,8H2,2-4H3. The van der Waals surface area contributed by atoms with Crippen LogP contribution in [0.5, 0.6) is 5.75 Å². The minimum absolute atomic E-state index is 0.286. The van der Waals surface area contributed by atoms with Gasteiger partial charge in [0.2, 0.25) is 0 Å². The Morgan fingerprint density at radius 1 is 1.48 bits per heavy atom. The Bertz CT molecular complexity index is 572. The van der Waals surface area contributed by atoms with E-state index in [4.69, 9.17) is 14.0 Å². The quantitative estimate of drug-likeness (QED) is 0.621. The van der Waals surface area contributed by atoms with Gasteiger partial charge >= 0.3 is 13.1 Å². The van der Waals surface area contributed by atoms with Gasteiger partial charge in [0.1, 0.15) is 17.2 Å². The predicted molar refractivity (Wildman–Crippen MR) is 74.7 cm³/mol. The predicted octanol–water partition coefficient (Wildman–Crippen LogP) is 1.41. The second-order valence-electron chi connectivity index (χ2n) is 5.05. The highest BCUT2D eigenvalue weighted by Crippen LogP contribution is 2.30. The van der Waals surface area contributed by atoms with Crippen LogP contribution in [0, 0.1) is 5.82 Å². The molecule has 1 heterocycles. The van der Waals surface area contributed by atoms with Gasteiger partial charge in [-0.15, -0.1) is 0 Å². The van der Waals surface area contributed by atoms with Crippen molar-refractivity contribution in [1.82, 2.24) is 0 Å². The Morgan fingerprint density at radius 2 is 2.19 bits per heavy atom. The van der Waals surface area contributed by atoms with E-state index in [0.717, 1.165) is 0 Å². The highest BCUT2D eigenvalue weighted by Gasteiger charge is 2.44. The number of hydrogen-bond donors (Lipinski definition) is 0. The first-order chi connectivity index (χ1) is 9.83. The van der Waals surface area contributed by atoms with Crippen molar-refractivity contribution in [2.75, 3.05) is 13.7 Å². The van der Waals surface area contributed by atoms with E-state index in [1.165, 1.54) is 25.3 Å². The molecule has 0 bridgehead atoms. The van der Waals surface area contributed by atoms with Crippen LogP contribution >= 0.6 is 0 Å². The number of esters is 1. The highest BCUT2D eigenvalue weighted by molar-refractivity contribution is 6.63. The Labute approximate surface area is 122 Å². The molecule has 21 heavy (non-hydrogen) atoms. The van der Waals surface area contributed by atoms with Crippen molar-refractivity contribution in [3.63, 3.8) is 0 Å². The molecule has 0 spiro atoms. The van der Waals surface area contributed by atoms with Crippen molar-refractivity contribution in [2.24, 2.45) is 0 Å². The van der Waals surface area contributed by atoms with Crippen LogP contribution in [0.3, 0.4) is 0 Å². The van der Waals surface area contributed by atoms with Crippen LogP contribution in [-0.2, 0) is 18.8 Å². The maximum Gasteiger partial charge on any atom is 0.567 e. The van der Waals surface area contributed by atoms with E-state index in [0.29, 0.717) is 11.2 Å². The molecule has 1 aromatic rings. The minimum Gasteiger partial charge on any atom is -0.534 e. The lowest BCUT2D eigenvalue weighted by Gasteiger charge is -2.16. The number of rotatable bonds is 4. The lowest BCUT2D eigenvalue weighted by Crippen LogP contribution is -2.36. The number of benzene rings is 1. The smallest absolute Gasteiger partial charge is 0.534 e. The van der Waals surface area contributed by atoms with Gasteiger partial charge in [-0.25, -0.2) is 9.18 Å². The summed E-state index contributed by atoms with van der Waals surface area (Å²) >= 11 is 0. The molecule has 5 nitrogen and oxygen atoms in total. The third-order valence-electron chi connectivity index (χ3n) is 3.12. The second-order valence-corrected chi connectivity index (χ2v) is 5.05. The van der Waals surface area contributed by atoms with Gasteiger partial charge in [0.05, 0.1) is 12.9 Å². The van der Waals surface area contributed by atoms with Crippen LogP contribution in [0.1, 0.15) is 13.8 Å². The fourth-order valence-electron chi connectivity index (χ4n) is 1.79. The summed E-state index contributed by atoms with van der Waals surface area (Å²) in [6.45, 7) is 7.07. The van der Waals surface area contributed by atoms with Crippen LogP contribution in [-0.4, -0.2) is 32.4 Å². The van der Waals surface area contributed by atoms with E-state index >= 15 is 0 Å². The normalized spacial score (nSPS) is 16.6. The summed E-state index contributed by atoms with van der Waals surface area (Å²) in [5.74, 6) is -0.269. The van der Waals surface area contributed by atoms with E-state index in [-0.39, 0.29) is 12.4 Å². The van der Waals surface area contributed by atoms with Crippen molar-refractivity contribution in [3.8, 4) is 5.75 Å². The van der Waals surface area contributed by atoms with Crippen LogP contribution in [0.25, 0.3) is 0 Å². The first-order valence-corrected chi connectivity index (χ1v) is 6.36. The highest BCUT2D eigenvalue weighted by atomic mass is 19.1. The largest absolute Gasteiger partial charge is 0.567 e. The van der Waals surface area contributed by atoms with Gasteiger partial charge in [0, 0.05) is 5.46 Å². The molecule has 0 unspecified atom stereocenters. The molecule has 112 valence electrons. The minimum atomic E-state index is -0.837. The van der Waals surface area contributed by atoms with Gasteiger partial charge in [-0.2, -0.15) is 0 Å². The fourth-order valence-corrected chi connectivity index (χ4v) is 1.79. The molecule has 1 aliphatic rings. The lowest BCUT2D eigenvalue weighted by atomic mass is 9.78. The molecular weight excluding hydrogens is 278 g/mol. The molecule has 0 amide bonds. The molecule has 1 aromatic carbocycles. The fraction of sp³-hybridized carbons (Fsp3) is 0.357. The summed E-state index contributed by atoms with van der Waals surface area (Å²) in [5.41, 5.74) is -0.331. The molecule has 0 radical (unpaired) electrons. The average Bonchev–Trinajstić information content (AvgIpc) is 2.71. The van der Waals surface area contributed by atoms with Gasteiger partial charge in [0.15, 0.2) is 6.61 Å². The third-order valence-corrected chi connectivity index (χ3v) is 3.12. The zero-order valence-electron chi connectivity index (χ0n) is 12.1. The maximum atomic E-state index is 13.5. The summed E-state index contributed by atoms with van der Waals surface area (Å²) in [6.07, 6.45) is 0. The summed E-state index contributed by atoms with van der Waals surface area (Å²) in [6, 6.07) is 3.88. The Kier molecular flexibility index (Phi) is 4.23. The maximum absolute atomic E-state index is 13.5. The first-order valence-electron chi connectivity index (χ1n) is 6.36. The molecule has 7 heteroatoms. The van der Waals surface area contributed by atoms with Gasteiger partial charge in [-0.3, -0.25) is 0 Å². The van der Waals surface area contributed by atoms with Crippen LogP contribution in [0.15, 0.2) is 30.5 Å². The van der Waals surface area contributed by atoms with Gasteiger partial charge in [0.25, 0.3) is 0 Å². The molecule has 0 aromatic heterocycles. The molecule has 1 aliphatic heterocycles. The summed E-state index contributed by atoms with van der Waals surface area (Å²) < 4.78 is 34.5. The topological polar surface area (TPSA) is 54.0 Å². The SMILES string of the molecule is C=C1OB(c2cc(F)ccc2OCC(=O)OC)OC1(C)C. The van der Waals surface area contributed by atoms with Crippen LogP contribution < -0.4 is 10.2 Å². The second kappa shape index (κ2) is 5.77. The lowest BCUT2D eigenvalue weighted by molar-refractivity contribution is -0.142. The molecule has 1 fully saturated rings. The summed E-state index contributed by atoms with van der Waals surface area (Å²) in [5, 5.41) is 0. The molecule has 0 saturated carbocycles. The number of hydrogen-bond acceptors (Lipinski definition) is 5. The van der Waals surface area contributed by atoms with E-state index in [1.807, 2.05) is 0 Å². The number of methoxy groups -OCH3 is 1. The van der Waals surface area contributed by atoms with Crippen LogP contribution in [0.2, 0.25) is 0 Å². The number of carbonyl (C=O) groups is 1.